The van der Waals surface area contributed by atoms with Gasteiger partial charge in [-0.2, -0.15) is 0 Å². The van der Waals surface area contributed by atoms with E-state index in [0.717, 1.165) is 24.8 Å². The fourth-order valence-corrected chi connectivity index (χ4v) is 5.62. The highest BCUT2D eigenvalue weighted by Crippen LogP contribution is 2.63. The zero-order valence-electron chi connectivity index (χ0n) is 15.0. The summed E-state index contributed by atoms with van der Waals surface area (Å²) in [5.41, 5.74) is -0.0963. The number of nitrogens with zero attached hydrogens (tertiary/aromatic N) is 2. The number of carbonyl (C=O) groups is 1. The highest BCUT2D eigenvalue weighted by molar-refractivity contribution is 6.03. The lowest BCUT2D eigenvalue weighted by atomic mass is 9.63. The fraction of sp³-hybridized carbons (Fsp3) is 0.600. The third kappa shape index (κ3) is 1.67. The van der Waals surface area contributed by atoms with Gasteiger partial charge in [-0.1, -0.05) is 44.2 Å². The zero-order chi connectivity index (χ0) is 17.4. The summed E-state index contributed by atoms with van der Waals surface area (Å²) in [7, 11) is 1.67. The molecule has 1 aliphatic carbocycles. The molecule has 5 heteroatoms. The molecule has 4 aliphatic heterocycles. The molecule has 0 N–H and O–H groups in total. The lowest BCUT2D eigenvalue weighted by molar-refractivity contribution is -0.157. The van der Waals surface area contributed by atoms with Crippen LogP contribution in [0.2, 0.25) is 0 Å². The number of hydrogen-bond acceptors (Lipinski definition) is 4. The third-order valence-corrected chi connectivity index (χ3v) is 6.95. The molecule has 0 radical (unpaired) electrons. The van der Waals surface area contributed by atoms with E-state index < -0.39 is 11.1 Å². The summed E-state index contributed by atoms with van der Waals surface area (Å²) in [5, 5.41) is 0. The second-order valence-corrected chi connectivity index (χ2v) is 8.57. The van der Waals surface area contributed by atoms with Gasteiger partial charge in [-0.25, -0.2) is 4.99 Å². The number of piperidine rings is 1. The summed E-state index contributed by atoms with van der Waals surface area (Å²) in [5.74, 6) is 1.06. The number of aliphatic imine (C=N–C) groups is 1. The van der Waals surface area contributed by atoms with Crippen molar-refractivity contribution in [3.05, 3.63) is 35.9 Å². The van der Waals surface area contributed by atoms with Crippen LogP contribution in [-0.2, 0) is 14.3 Å². The topological polar surface area (TPSA) is 51.1 Å². The van der Waals surface area contributed by atoms with E-state index >= 15 is 0 Å². The van der Waals surface area contributed by atoms with Crippen LogP contribution in [0.15, 0.2) is 35.3 Å². The highest BCUT2D eigenvalue weighted by atomic mass is 16.5. The molecule has 132 valence electrons. The van der Waals surface area contributed by atoms with Crippen molar-refractivity contribution in [1.29, 1.82) is 0 Å². The van der Waals surface area contributed by atoms with E-state index in [4.69, 9.17) is 14.5 Å². The SMILES string of the molecule is COC1=NC23CCC(C)(C)[C@@H]2CC12CO[C@H](c1ccccc1)N2C3=O. The van der Waals surface area contributed by atoms with Crippen molar-refractivity contribution in [2.24, 2.45) is 16.3 Å². The molecule has 2 unspecified atom stereocenters. The van der Waals surface area contributed by atoms with Gasteiger partial charge >= 0.3 is 0 Å². The largest absolute Gasteiger partial charge is 0.483 e. The number of amides is 1. The molecule has 5 aliphatic rings. The first-order valence-corrected chi connectivity index (χ1v) is 9.09. The van der Waals surface area contributed by atoms with Gasteiger partial charge in [0, 0.05) is 11.5 Å². The Labute approximate surface area is 148 Å². The second-order valence-electron chi connectivity index (χ2n) is 8.57. The molecule has 25 heavy (non-hydrogen) atoms. The van der Waals surface area contributed by atoms with Crippen molar-refractivity contribution in [1.82, 2.24) is 4.90 Å². The van der Waals surface area contributed by atoms with E-state index in [1.807, 2.05) is 35.2 Å². The third-order valence-electron chi connectivity index (χ3n) is 6.95. The lowest BCUT2D eigenvalue weighted by Gasteiger charge is -2.56. The van der Waals surface area contributed by atoms with Crippen LogP contribution < -0.4 is 0 Å². The van der Waals surface area contributed by atoms with Gasteiger partial charge in [0.2, 0.25) is 5.90 Å². The van der Waals surface area contributed by atoms with Crippen LogP contribution in [0.3, 0.4) is 0 Å². The Morgan fingerprint density at radius 1 is 1.24 bits per heavy atom. The summed E-state index contributed by atoms with van der Waals surface area (Å²) in [6.07, 6.45) is 2.34. The van der Waals surface area contributed by atoms with Crippen molar-refractivity contribution < 1.29 is 14.3 Å². The molecule has 2 saturated heterocycles. The van der Waals surface area contributed by atoms with E-state index in [2.05, 4.69) is 13.8 Å². The van der Waals surface area contributed by atoms with Gasteiger partial charge in [-0.05, 0) is 24.7 Å². The minimum absolute atomic E-state index is 0.113. The number of ether oxygens (including phenoxy) is 2. The molecule has 1 amide bonds. The Hall–Kier alpha value is -1.88. The van der Waals surface area contributed by atoms with Crippen molar-refractivity contribution in [3.8, 4) is 0 Å². The molecule has 0 aromatic heterocycles. The standard InChI is InChI=1S/C20H24N2O3/c1-18(2)9-10-20-14(18)11-19(16(21-20)24-3)12-25-15(22(19)17(20)23)13-7-5-4-6-8-13/h4-8,14-15H,9-12H2,1-3H3/t14-,15+,19?,20?/m0/s1. The summed E-state index contributed by atoms with van der Waals surface area (Å²) in [6, 6.07) is 10.0. The van der Waals surface area contributed by atoms with Crippen LogP contribution in [0, 0.1) is 11.3 Å². The van der Waals surface area contributed by atoms with Gasteiger partial charge in [0.05, 0.1) is 13.7 Å². The van der Waals surface area contributed by atoms with Crippen molar-refractivity contribution in [3.63, 3.8) is 0 Å². The summed E-state index contributed by atoms with van der Waals surface area (Å²) < 4.78 is 11.9. The minimum atomic E-state index is -0.669. The number of benzene rings is 1. The van der Waals surface area contributed by atoms with Crippen LogP contribution in [-0.4, -0.2) is 41.5 Å². The summed E-state index contributed by atoms with van der Waals surface area (Å²) in [6.45, 7) is 5.00. The molecule has 4 atom stereocenters. The van der Waals surface area contributed by atoms with Crippen molar-refractivity contribution in [2.75, 3.05) is 13.7 Å². The second kappa shape index (κ2) is 4.64. The first-order valence-electron chi connectivity index (χ1n) is 9.09. The normalized spacial score (nSPS) is 40.7. The van der Waals surface area contributed by atoms with Gasteiger partial charge in [0.1, 0.15) is 11.1 Å². The van der Waals surface area contributed by atoms with E-state index in [1.54, 1.807) is 7.11 Å². The molecular formula is C20H24N2O3. The number of rotatable bonds is 1. The Bertz CT molecular complexity index is 774. The van der Waals surface area contributed by atoms with Crippen LogP contribution in [0.4, 0.5) is 0 Å². The Balaban J connectivity index is 1.67. The van der Waals surface area contributed by atoms with Gasteiger partial charge in [0.25, 0.3) is 5.91 Å². The monoisotopic (exact) mass is 340 g/mol. The Morgan fingerprint density at radius 3 is 2.72 bits per heavy atom. The van der Waals surface area contributed by atoms with Gasteiger partial charge in [0.15, 0.2) is 6.23 Å². The molecule has 1 saturated carbocycles. The van der Waals surface area contributed by atoms with E-state index in [0.29, 0.717) is 12.5 Å². The summed E-state index contributed by atoms with van der Waals surface area (Å²) >= 11 is 0. The Morgan fingerprint density at radius 2 is 2.00 bits per heavy atom. The lowest BCUT2D eigenvalue weighted by Crippen LogP contribution is -2.73. The first kappa shape index (κ1) is 15.4. The average Bonchev–Trinajstić information content (AvgIpc) is 3.13. The maximum absolute atomic E-state index is 13.7. The molecule has 1 aromatic rings. The minimum Gasteiger partial charge on any atom is -0.483 e. The van der Waals surface area contributed by atoms with E-state index in [9.17, 15) is 4.79 Å². The maximum Gasteiger partial charge on any atom is 0.254 e. The molecule has 2 spiro atoms. The van der Waals surface area contributed by atoms with Crippen LogP contribution in [0.25, 0.3) is 0 Å². The number of hydrogen-bond donors (Lipinski definition) is 0. The predicted octanol–water partition coefficient (Wildman–Crippen LogP) is 2.92. The van der Waals surface area contributed by atoms with Crippen LogP contribution in [0.1, 0.15) is 44.9 Å². The summed E-state index contributed by atoms with van der Waals surface area (Å²) in [4.78, 5) is 20.6. The first-order chi connectivity index (χ1) is 11.9. The molecule has 2 bridgehead atoms. The maximum atomic E-state index is 13.7. The molecule has 5 nitrogen and oxygen atoms in total. The predicted molar refractivity (Wildman–Crippen MR) is 93.0 cm³/mol. The van der Waals surface area contributed by atoms with Crippen LogP contribution in [0.5, 0.6) is 0 Å². The molecule has 1 aromatic carbocycles. The van der Waals surface area contributed by atoms with E-state index in [-0.39, 0.29) is 23.5 Å². The molecular weight excluding hydrogens is 316 g/mol. The number of carbonyl (C=O) groups excluding carboxylic acids is 1. The van der Waals surface area contributed by atoms with Gasteiger partial charge in [-0.15, -0.1) is 0 Å². The highest BCUT2D eigenvalue weighted by Gasteiger charge is 2.74. The average molecular weight is 340 g/mol. The molecule has 3 fully saturated rings. The Kier molecular flexibility index (Phi) is 2.85. The quantitative estimate of drug-likeness (QED) is 0.790. The fourth-order valence-electron chi connectivity index (χ4n) is 5.62. The molecule has 4 heterocycles. The van der Waals surface area contributed by atoms with Crippen molar-refractivity contribution >= 4 is 11.8 Å². The zero-order valence-corrected chi connectivity index (χ0v) is 15.0. The van der Waals surface area contributed by atoms with E-state index in [1.165, 1.54) is 0 Å². The van der Waals surface area contributed by atoms with Crippen LogP contribution >= 0.6 is 0 Å². The smallest absolute Gasteiger partial charge is 0.254 e. The molecule has 6 rings (SSSR count). The van der Waals surface area contributed by atoms with Gasteiger partial charge in [-0.3, -0.25) is 9.69 Å². The van der Waals surface area contributed by atoms with Gasteiger partial charge < -0.3 is 9.47 Å². The number of methoxy groups -OCH3 is 1. The van der Waals surface area contributed by atoms with Crippen molar-refractivity contribution in [2.45, 2.75) is 50.4 Å².